The summed E-state index contributed by atoms with van der Waals surface area (Å²) < 4.78 is 0. The first-order valence-electron chi connectivity index (χ1n) is 9.32. The van der Waals surface area contributed by atoms with Gasteiger partial charge in [0.2, 0.25) is 5.91 Å². The first-order chi connectivity index (χ1) is 12.7. The fraction of sp³-hybridized carbons (Fsp3) is 0.429. The smallest absolute Gasteiger partial charge is 0.236 e. The Bertz CT molecular complexity index is 669. The van der Waals surface area contributed by atoms with E-state index in [0.717, 1.165) is 45.7 Å². The number of nitrogens with zero attached hydrogens (tertiary/aromatic N) is 4. The van der Waals surface area contributed by atoms with Crippen molar-refractivity contribution in [2.24, 2.45) is 0 Å². The molecular weight excluding hydrogens is 324 g/mol. The van der Waals surface area contributed by atoms with Crippen molar-refractivity contribution >= 4 is 5.91 Å². The van der Waals surface area contributed by atoms with Crippen LogP contribution in [0.3, 0.4) is 0 Å². The third-order valence-corrected chi connectivity index (χ3v) is 4.91. The van der Waals surface area contributed by atoms with E-state index in [2.05, 4.69) is 39.0 Å². The van der Waals surface area contributed by atoms with Crippen LogP contribution in [0.5, 0.6) is 0 Å². The van der Waals surface area contributed by atoms with E-state index in [0.29, 0.717) is 6.54 Å². The van der Waals surface area contributed by atoms with Crippen LogP contribution in [-0.4, -0.2) is 71.9 Å². The number of aromatic nitrogens is 1. The Kier molecular flexibility index (Phi) is 6.75. The Morgan fingerprint density at radius 3 is 2.38 bits per heavy atom. The lowest BCUT2D eigenvalue weighted by Gasteiger charge is -2.35. The highest BCUT2D eigenvalue weighted by molar-refractivity contribution is 5.78. The second-order valence-corrected chi connectivity index (χ2v) is 6.99. The average Bonchev–Trinajstić information content (AvgIpc) is 2.68. The molecule has 138 valence electrons. The molecule has 1 fully saturated rings. The fourth-order valence-electron chi connectivity index (χ4n) is 3.28. The lowest BCUT2D eigenvalue weighted by Crippen LogP contribution is -2.50. The molecule has 2 heterocycles. The van der Waals surface area contributed by atoms with E-state index < -0.39 is 0 Å². The largest absolute Gasteiger partial charge is 0.339 e. The van der Waals surface area contributed by atoms with Gasteiger partial charge in [0.15, 0.2) is 0 Å². The van der Waals surface area contributed by atoms with Gasteiger partial charge in [0.1, 0.15) is 0 Å². The Balaban J connectivity index is 1.37. The lowest BCUT2D eigenvalue weighted by atomic mass is 10.2. The van der Waals surface area contributed by atoms with Crippen LogP contribution in [0.1, 0.15) is 11.1 Å². The van der Waals surface area contributed by atoms with Gasteiger partial charge in [-0.25, -0.2) is 0 Å². The van der Waals surface area contributed by atoms with Crippen molar-refractivity contribution in [3.63, 3.8) is 0 Å². The molecule has 3 rings (SSSR count). The topological polar surface area (TPSA) is 39.7 Å². The van der Waals surface area contributed by atoms with Crippen molar-refractivity contribution in [3.05, 3.63) is 66.0 Å². The monoisotopic (exact) mass is 352 g/mol. The van der Waals surface area contributed by atoms with Crippen LogP contribution in [0.2, 0.25) is 0 Å². The van der Waals surface area contributed by atoms with Crippen LogP contribution in [0.25, 0.3) is 0 Å². The summed E-state index contributed by atoms with van der Waals surface area (Å²) in [5.41, 5.74) is 2.59. The minimum Gasteiger partial charge on any atom is -0.339 e. The first kappa shape index (κ1) is 18.5. The fourth-order valence-corrected chi connectivity index (χ4v) is 3.28. The predicted octanol–water partition coefficient (Wildman–Crippen LogP) is 1.90. The Morgan fingerprint density at radius 2 is 1.69 bits per heavy atom. The maximum atomic E-state index is 12.5. The minimum atomic E-state index is 0.238. The number of rotatable bonds is 7. The van der Waals surface area contributed by atoms with Crippen LogP contribution in [0, 0.1) is 0 Å². The number of amides is 1. The van der Waals surface area contributed by atoms with E-state index in [-0.39, 0.29) is 5.91 Å². The molecule has 0 saturated carbocycles. The van der Waals surface area contributed by atoms with Crippen LogP contribution < -0.4 is 0 Å². The van der Waals surface area contributed by atoms with E-state index in [9.17, 15) is 4.79 Å². The summed E-state index contributed by atoms with van der Waals surface area (Å²) in [6, 6.07) is 14.6. The van der Waals surface area contributed by atoms with Crippen LogP contribution in [-0.2, 0) is 17.8 Å². The molecule has 1 aromatic heterocycles. The van der Waals surface area contributed by atoms with Crippen molar-refractivity contribution in [2.45, 2.75) is 13.0 Å². The van der Waals surface area contributed by atoms with E-state index in [1.165, 1.54) is 11.1 Å². The normalized spacial score (nSPS) is 15.4. The summed E-state index contributed by atoms with van der Waals surface area (Å²) in [5, 5.41) is 0. The van der Waals surface area contributed by atoms with E-state index in [1.807, 2.05) is 42.5 Å². The Morgan fingerprint density at radius 1 is 1.00 bits per heavy atom. The maximum absolute atomic E-state index is 12.5. The highest BCUT2D eigenvalue weighted by Gasteiger charge is 2.21. The molecule has 0 bridgehead atoms. The summed E-state index contributed by atoms with van der Waals surface area (Å²) >= 11 is 0. The molecule has 0 aliphatic carbocycles. The van der Waals surface area contributed by atoms with Crippen molar-refractivity contribution in [1.29, 1.82) is 0 Å². The van der Waals surface area contributed by atoms with Gasteiger partial charge in [0, 0.05) is 51.7 Å². The van der Waals surface area contributed by atoms with Gasteiger partial charge in [-0.15, -0.1) is 0 Å². The molecule has 0 spiro atoms. The van der Waals surface area contributed by atoms with Gasteiger partial charge in [-0.05, 0) is 36.7 Å². The van der Waals surface area contributed by atoms with Gasteiger partial charge in [0.25, 0.3) is 0 Å². The van der Waals surface area contributed by atoms with E-state index in [4.69, 9.17) is 0 Å². The second kappa shape index (κ2) is 9.46. The number of benzene rings is 1. The number of hydrogen-bond acceptors (Lipinski definition) is 4. The molecule has 0 unspecified atom stereocenters. The van der Waals surface area contributed by atoms with Crippen molar-refractivity contribution in [3.8, 4) is 0 Å². The molecule has 1 saturated heterocycles. The van der Waals surface area contributed by atoms with Gasteiger partial charge in [-0.3, -0.25) is 19.6 Å². The van der Waals surface area contributed by atoms with Gasteiger partial charge < -0.3 is 4.90 Å². The zero-order valence-electron chi connectivity index (χ0n) is 15.6. The number of hydrogen-bond donors (Lipinski definition) is 0. The molecular formula is C21H28N4O. The molecule has 1 aromatic carbocycles. The molecule has 0 atom stereocenters. The number of carbonyl (C=O) groups excluding carboxylic acids is 1. The molecule has 5 heteroatoms. The lowest BCUT2D eigenvalue weighted by molar-refractivity contribution is -0.133. The number of carbonyl (C=O) groups is 1. The molecule has 1 aliphatic rings. The summed E-state index contributed by atoms with van der Waals surface area (Å²) in [6.45, 7) is 5.87. The Hall–Kier alpha value is -2.24. The summed E-state index contributed by atoms with van der Waals surface area (Å²) in [5.74, 6) is 0.238. The van der Waals surface area contributed by atoms with Gasteiger partial charge >= 0.3 is 0 Å². The molecule has 0 radical (unpaired) electrons. The third kappa shape index (κ3) is 5.64. The molecule has 1 amide bonds. The van der Waals surface area contributed by atoms with Gasteiger partial charge in [0.05, 0.1) is 6.54 Å². The van der Waals surface area contributed by atoms with E-state index in [1.54, 1.807) is 0 Å². The number of likely N-dealkylation sites (N-methyl/N-ethyl adjacent to an activating group) is 1. The predicted molar refractivity (Wildman–Crippen MR) is 104 cm³/mol. The zero-order valence-corrected chi connectivity index (χ0v) is 15.6. The minimum absolute atomic E-state index is 0.238. The second-order valence-electron chi connectivity index (χ2n) is 6.99. The van der Waals surface area contributed by atoms with Crippen LogP contribution in [0.15, 0.2) is 54.9 Å². The summed E-state index contributed by atoms with van der Waals surface area (Å²) in [4.78, 5) is 23.1. The standard InChI is InChI=1S/C21H28N4O/c1-23(12-9-19-7-10-22-11-8-19)18-21(26)25-15-13-24(14-16-25)17-20-5-3-2-4-6-20/h2-8,10-11H,9,12-18H2,1H3. The van der Waals surface area contributed by atoms with Crippen molar-refractivity contribution in [2.75, 3.05) is 46.3 Å². The summed E-state index contributed by atoms with van der Waals surface area (Å²) in [7, 11) is 2.02. The van der Waals surface area contributed by atoms with Gasteiger partial charge in [-0.1, -0.05) is 30.3 Å². The van der Waals surface area contributed by atoms with Crippen LogP contribution >= 0.6 is 0 Å². The number of pyridine rings is 1. The van der Waals surface area contributed by atoms with Gasteiger partial charge in [-0.2, -0.15) is 0 Å². The third-order valence-electron chi connectivity index (χ3n) is 4.91. The Labute approximate surface area is 156 Å². The van der Waals surface area contributed by atoms with E-state index >= 15 is 0 Å². The molecule has 2 aromatic rings. The quantitative estimate of drug-likeness (QED) is 0.763. The molecule has 5 nitrogen and oxygen atoms in total. The molecule has 0 N–H and O–H groups in total. The average molecular weight is 352 g/mol. The summed E-state index contributed by atoms with van der Waals surface area (Å²) in [6.07, 6.45) is 4.57. The highest BCUT2D eigenvalue weighted by atomic mass is 16.2. The first-order valence-corrected chi connectivity index (χ1v) is 9.32. The molecule has 1 aliphatic heterocycles. The van der Waals surface area contributed by atoms with Crippen molar-refractivity contribution < 1.29 is 4.79 Å². The number of piperazine rings is 1. The SMILES string of the molecule is CN(CCc1ccncc1)CC(=O)N1CCN(Cc2ccccc2)CC1. The molecule has 26 heavy (non-hydrogen) atoms. The van der Waals surface area contributed by atoms with Crippen LogP contribution in [0.4, 0.5) is 0 Å². The highest BCUT2D eigenvalue weighted by Crippen LogP contribution is 2.09. The zero-order chi connectivity index (χ0) is 18.2. The van der Waals surface area contributed by atoms with Crippen molar-refractivity contribution in [1.82, 2.24) is 19.7 Å². The maximum Gasteiger partial charge on any atom is 0.236 e.